The van der Waals surface area contributed by atoms with Crippen LogP contribution in [0.15, 0.2) is 24.3 Å². The SMILES string of the molecule is C[C@H]1CNCCN1CCOc1ccc(Cl)cc1.Cl. The Kier molecular flexibility index (Phi) is 6.79. The van der Waals surface area contributed by atoms with Crippen LogP contribution in [0.4, 0.5) is 0 Å². The van der Waals surface area contributed by atoms with Crippen molar-refractivity contribution in [1.29, 1.82) is 0 Å². The molecule has 1 saturated heterocycles. The molecule has 2 rings (SSSR count). The third-order valence-electron chi connectivity index (χ3n) is 3.10. The van der Waals surface area contributed by atoms with Gasteiger partial charge in [0, 0.05) is 37.2 Å². The summed E-state index contributed by atoms with van der Waals surface area (Å²) in [5.41, 5.74) is 0. The number of benzene rings is 1. The molecule has 0 bridgehead atoms. The third kappa shape index (κ3) is 4.65. The summed E-state index contributed by atoms with van der Waals surface area (Å²) in [5, 5.41) is 4.13. The zero-order valence-electron chi connectivity index (χ0n) is 10.6. The Morgan fingerprint density at radius 1 is 1.39 bits per heavy atom. The van der Waals surface area contributed by atoms with E-state index >= 15 is 0 Å². The number of ether oxygens (including phenoxy) is 1. The number of rotatable bonds is 4. The molecule has 0 amide bonds. The van der Waals surface area contributed by atoms with Gasteiger partial charge in [-0.3, -0.25) is 4.90 Å². The number of halogens is 2. The van der Waals surface area contributed by atoms with Crippen LogP contribution in [0.2, 0.25) is 5.02 Å². The number of piperazine rings is 1. The number of hydrogen-bond acceptors (Lipinski definition) is 3. The van der Waals surface area contributed by atoms with Crippen molar-refractivity contribution in [3.8, 4) is 5.75 Å². The second-order valence-corrected chi connectivity index (χ2v) is 4.83. The molecule has 0 radical (unpaired) electrons. The predicted octanol–water partition coefficient (Wildman–Crippen LogP) is 2.43. The van der Waals surface area contributed by atoms with Crippen LogP contribution in [0.25, 0.3) is 0 Å². The summed E-state index contributed by atoms with van der Waals surface area (Å²) in [6, 6.07) is 8.11. The molecule has 18 heavy (non-hydrogen) atoms. The van der Waals surface area contributed by atoms with Crippen molar-refractivity contribution in [3.05, 3.63) is 29.3 Å². The lowest BCUT2D eigenvalue weighted by atomic mass is 10.2. The molecule has 1 aromatic carbocycles. The van der Waals surface area contributed by atoms with Crippen LogP contribution in [0.1, 0.15) is 6.92 Å². The van der Waals surface area contributed by atoms with E-state index in [4.69, 9.17) is 16.3 Å². The molecular formula is C13H20Cl2N2O. The number of nitrogens with zero attached hydrogens (tertiary/aromatic N) is 1. The van der Waals surface area contributed by atoms with Crippen LogP contribution in [-0.4, -0.2) is 43.7 Å². The molecule has 0 spiro atoms. The smallest absolute Gasteiger partial charge is 0.119 e. The fraction of sp³-hybridized carbons (Fsp3) is 0.538. The molecule has 1 fully saturated rings. The van der Waals surface area contributed by atoms with Gasteiger partial charge in [-0.25, -0.2) is 0 Å². The molecule has 0 saturated carbocycles. The van der Waals surface area contributed by atoms with Crippen molar-refractivity contribution in [3.63, 3.8) is 0 Å². The van der Waals surface area contributed by atoms with E-state index < -0.39 is 0 Å². The Morgan fingerprint density at radius 2 is 2.11 bits per heavy atom. The van der Waals surface area contributed by atoms with Gasteiger partial charge in [0.1, 0.15) is 12.4 Å². The largest absolute Gasteiger partial charge is 0.492 e. The molecule has 3 nitrogen and oxygen atoms in total. The highest BCUT2D eigenvalue weighted by molar-refractivity contribution is 6.30. The Hall–Kier alpha value is -0.480. The summed E-state index contributed by atoms with van der Waals surface area (Å²) < 4.78 is 5.69. The van der Waals surface area contributed by atoms with E-state index in [1.807, 2.05) is 24.3 Å². The Balaban J connectivity index is 0.00000162. The first-order chi connectivity index (χ1) is 8.25. The highest BCUT2D eigenvalue weighted by Gasteiger charge is 2.16. The molecule has 5 heteroatoms. The van der Waals surface area contributed by atoms with Gasteiger partial charge in [0.2, 0.25) is 0 Å². The van der Waals surface area contributed by atoms with E-state index in [9.17, 15) is 0 Å². The van der Waals surface area contributed by atoms with Gasteiger partial charge in [-0.2, -0.15) is 0 Å². The maximum Gasteiger partial charge on any atom is 0.119 e. The van der Waals surface area contributed by atoms with Gasteiger partial charge >= 0.3 is 0 Å². The standard InChI is InChI=1S/C13H19ClN2O.ClH/c1-11-10-15-6-7-16(11)8-9-17-13-4-2-12(14)3-5-13;/h2-5,11,15H,6-10H2,1H3;1H/t11-;/m0./s1. The molecule has 0 unspecified atom stereocenters. The fourth-order valence-electron chi connectivity index (χ4n) is 2.03. The topological polar surface area (TPSA) is 24.5 Å². The van der Waals surface area contributed by atoms with Crippen LogP contribution in [0, 0.1) is 0 Å². The van der Waals surface area contributed by atoms with E-state index in [0.717, 1.165) is 43.6 Å². The van der Waals surface area contributed by atoms with Gasteiger partial charge < -0.3 is 10.1 Å². The first-order valence-corrected chi connectivity index (χ1v) is 6.46. The highest BCUT2D eigenvalue weighted by Crippen LogP contribution is 2.15. The first kappa shape index (κ1) is 15.6. The summed E-state index contributed by atoms with van der Waals surface area (Å²) in [7, 11) is 0. The maximum absolute atomic E-state index is 5.82. The van der Waals surface area contributed by atoms with Crippen molar-refractivity contribution in [2.24, 2.45) is 0 Å². The molecule has 1 N–H and O–H groups in total. The quantitative estimate of drug-likeness (QED) is 0.922. The highest BCUT2D eigenvalue weighted by atomic mass is 35.5. The molecule has 0 aromatic heterocycles. The monoisotopic (exact) mass is 290 g/mol. The second-order valence-electron chi connectivity index (χ2n) is 4.39. The zero-order valence-corrected chi connectivity index (χ0v) is 12.1. The van der Waals surface area contributed by atoms with Crippen molar-refractivity contribution < 1.29 is 4.74 Å². The van der Waals surface area contributed by atoms with Gasteiger partial charge in [-0.15, -0.1) is 12.4 Å². The Labute approximate surface area is 120 Å². The van der Waals surface area contributed by atoms with Gasteiger partial charge in [-0.05, 0) is 31.2 Å². The van der Waals surface area contributed by atoms with Gasteiger partial charge in [-0.1, -0.05) is 11.6 Å². The lowest BCUT2D eigenvalue weighted by molar-refractivity contribution is 0.143. The van der Waals surface area contributed by atoms with Gasteiger partial charge in [0.25, 0.3) is 0 Å². The minimum absolute atomic E-state index is 0. The van der Waals surface area contributed by atoms with Gasteiger partial charge in [0.15, 0.2) is 0 Å². The molecule has 1 aromatic rings. The number of hydrogen-bond donors (Lipinski definition) is 1. The fourth-order valence-corrected chi connectivity index (χ4v) is 2.15. The van der Waals surface area contributed by atoms with Crippen molar-refractivity contribution >= 4 is 24.0 Å². The summed E-state index contributed by atoms with van der Waals surface area (Å²) in [4.78, 5) is 2.45. The maximum atomic E-state index is 5.82. The molecule has 1 heterocycles. The van der Waals surface area contributed by atoms with Crippen molar-refractivity contribution in [2.45, 2.75) is 13.0 Å². The minimum Gasteiger partial charge on any atom is -0.492 e. The van der Waals surface area contributed by atoms with E-state index in [2.05, 4.69) is 17.1 Å². The van der Waals surface area contributed by atoms with E-state index in [0.29, 0.717) is 6.04 Å². The summed E-state index contributed by atoms with van der Waals surface area (Å²) in [6.07, 6.45) is 0. The van der Waals surface area contributed by atoms with Crippen molar-refractivity contribution in [2.75, 3.05) is 32.8 Å². The molecular weight excluding hydrogens is 271 g/mol. The van der Waals surface area contributed by atoms with Crippen LogP contribution in [0.5, 0.6) is 5.75 Å². The van der Waals surface area contributed by atoms with E-state index in [-0.39, 0.29) is 12.4 Å². The predicted molar refractivity (Wildman–Crippen MR) is 78.1 cm³/mol. The Morgan fingerprint density at radius 3 is 2.78 bits per heavy atom. The lowest BCUT2D eigenvalue weighted by Crippen LogP contribution is -2.50. The molecule has 1 atom stereocenters. The average molecular weight is 291 g/mol. The van der Waals surface area contributed by atoms with Gasteiger partial charge in [0.05, 0.1) is 0 Å². The summed E-state index contributed by atoms with van der Waals surface area (Å²) >= 11 is 5.82. The first-order valence-electron chi connectivity index (χ1n) is 6.09. The van der Waals surface area contributed by atoms with Crippen molar-refractivity contribution in [1.82, 2.24) is 10.2 Å². The summed E-state index contributed by atoms with van der Waals surface area (Å²) in [6.45, 7) is 7.20. The van der Waals surface area contributed by atoms with Crippen LogP contribution in [-0.2, 0) is 0 Å². The average Bonchev–Trinajstić information content (AvgIpc) is 2.34. The van der Waals surface area contributed by atoms with Crippen LogP contribution in [0.3, 0.4) is 0 Å². The van der Waals surface area contributed by atoms with Crippen LogP contribution < -0.4 is 10.1 Å². The number of nitrogens with one attached hydrogen (secondary N) is 1. The minimum atomic E-state index is 0. The molecule has 102 valence electrons. The molecule has 0 aliphatic carbocycles. The normalized spacial score (nSPS) is 20.2. The van der Waals surface area contributed by atoms with Crippen LogP contribution >= 0.6 is 24.0 Å². The molecule has 1 aliphatic rings. The van der Waals surface area contributed by atoms with E-state index in [1.54, 1.807) is 0 Å². The Bertz CT molecular complexity index is 345. The lowest BCUT2D eigenvalue weighted by Gasteiger charge is -2.33. The zero-order chi connectivity index (χ0) is 12.1. The third-order valence-corrected chi connectivity index (χ3v) is 3.35. The summed E-state index contributed by atoms with van der Waals surface area (Å²) in [5.74, 6) is 0.886. The molecule has 1 aliphatic heterocycles. The van der Waals surface area contributed by atoms with E-state index in [1.165, 1.54) is 0 Å². The second kappa shape index (κ2) is 7.85.